The van der Waals surface area contributed by atoms with Crippen LogP contribution in [0.25, 0.3) is 22.4 Å². The Morgan fingerprint density at radius 3 is 2.49 bits per heavy atom. The molecule has 10 heteroatoms. The van der Waals surface area contributed by atoms with Gasteiger partial charge in [-0.1, -0.05) is 38.1 Å². The molecule has 0 saturated heterocycles. The standard InChI is InChI=1S/C27H27N3O6S/c1-4-30(5-2)37(33,34)25-15-19(13-12-18(25)3)28-26(31)17-36-27(32)21-16-23(24-11-8-14-35-24)29-22-10-7-6-9-20(21)22/h6-16H,4-5,17H2,1-3H3,(H,28,31). The number of benzene rings is 2. The van der Waals surface area contributed by atoms with Gasteiger partial charge in [-0.15, -0.1) is 0 Å². The molecular formula is C27H27N3O6S. The van der Waals surface area contributed by atoms with Gasteiger partial charge in [-0.3, -0.25) is 4.79 Å². The first-order chi connectivity index (χ1) is 17.7. The van der Waals surface area contributed by atoms with Crippen molar-refractivity contribution in [1.29, 1.82) is 0 Å². The molecule has 2 heterocycles. The number of rotatable bonds is 9. The lowest BCUT2D eigenvalue weighted by Crippen LogP contribution is -2.31. The zero-order valence-corrected chi connectivity index (χ0v) is 21.5. The molecule has 0 aliphatic rings. The number of sulfonamides is 1. The highest BCUT2D eigenvalue weighted by Crippen LogP contribution is 2.26. The van der Waals surface area contributed by atoms with Crippen LogP contribution in [0.3, 0.4) is 0 Å². The van der Waals surface area contributed by atoms with E-state index in [-0.39, 0.29) is 16.1 Å². The lowest BCUT2D eigenvalue weighted by molar-refractivity contribution is -0.119. The summed E-state index contributed by atoms with van der Waals surface area (Å²) in [5, 5.41) is 3.18. The zero-order chi connectivity index (χ0) is 26.6. The number of carbonyl (C=O) groups excluding carboxylic acids is 2. The predicted octanol–water partition coefficient (Wildman–Crippen LogP) is 4.63. The van der Waals surface area contributed by atoms with Crippen LogP contribution in [0.2, 0.25) is 0 Å². The van der Waals surface area contributed by atoms with Gasteiger partial charge in [-0.05, 0) is 48.9 Å². The summed E-state index contributed by atoms with van der Waals surface area (Å²) in [5.74, 6) is -0.810. The van der Waals surface area contributed by atoms with Crippen molar-refractivity contribution in [3.05, 3.63) is 78.1 Å². The molecule has 0 saturated carbocycles. The molecule has 4 rings (SSSR count). The molecule has 0 atom stereocenters. The Kier molecular flexibility index (Phi) is 7.70. The second-order valence-corrected chi connectivity index (χ2v) is 10.1. The Labute approximate surface area is 215 Å². The van der Waals surface area contributed by atoms with E-state index in [2.05, 4.69) is 10.3 Å². The number of amides is 1. The Hall–Kier alpha value is -4.02. The monoisotopic (exact) mass is 521 g/mol. The van der Waals surface area contributed by atoms with Crippen molar-refractivity contribution in [3.8, 4) is 11.5 Å². The molecule has 1 N–H and O–H groups in total. The summed E-state index contributed by atoms with van der Waals surface area (Å²) in [6.07, 6.45) is 1.51. The molecule has 1 amide bonds. The van der Waals surface area contributed by atoms with Gasteiger partial charge in [0, 0.05) is 24.2 Å². The number of carbonyl (C=O) groups is 2. The molecule has 37 heavy (non-hydrogen) atoms. The summed E-state index contributed by atoms with van der Waals surface area (Å²) in [5.41, 5.74) is 2.13. The first kappa shape index (κ1) is 26.1. The molecule has 0 bridgehead atoms. The summed E-state index contributed by atoms with van der Waals surface area (Å²) in [7, 11) is -3.71. The van der Waals surface area contributed by atoms with Crippen LogP contribution in [0.1, 0.15) is 29.8 Å². The van der Waals surface area contributed by atoms with Crippen LogP contribution < -0.4 is 5.32 Å². The van der Waals surface area contributed by atoms with Crippen LogP contribution in [0, 0.1) is 6.92 Å². The third-order valence-corrected chi connectivity index (χ3v) is 8.03. The first-order valence-corrected chi connectivity index (χ1v) is 13.2. The van der Waals surface area contributed by atoms with Gasteiger partial charge in [0.25, 0.3) is 5.91 Å². The molecule has 4 aromatic rings. The Morgan fingerprint density at radius 2 is 1.78 bits per heavy atom. The first-order valence-electron chi connectivity index (χ1n) is 11.8. The van der Waals surface area contributed by atoms with Crippen molar-refractivity contribution in [3.63, 3.8) is 0 Å². The third kappa shape index (κ3) is 5.55. The molecule has 2 aromatic heterocycles. The fraction of sp³-hybridized carbons (Fsp3) is 0.222. The minimum Gasteiger partial charge on any atom is -0.463 e. The maximum Gasteiger partial charge on any atom is 0.339 e. The van der Waals surface area contributed by atoms with Crippen molar-refractivity contribution in [1.82, 2.24) is 9.29 Å². The predicted molar refractivity (Wildman–Crippen MR) is 140 cm³/mol. The number of hydrogen-bond donors (Lipinski definition) is 1. The number of fused-ring (bicyclic) bond motifs is 1. The average Bonchev–Trinajstić information content (AvgIpc) is 3.43. The van der Waals surface area contributed by atoms with Crippen LogP contribution in [0.15, 0.2) is 76.2 Å². The maximum absolute atomic E-state index is 13.0. The molecule has 2 aromatic carbocycles. The van der Waals surface area contributed by atoms with Crippen molar-refractivity contribution in [2.75, 3.05) is 25.0 Å². The Bertz CT molecular complexity index is 1540. The molecule has 0 unspecified atom stereocenters. The van der Waals surface area contributed by atoms with Crippen LogP contribution in [0.5, 0.6) is 0 Å². The quantitative estimate of drug-likeness (QED) is 0.319. The third-order valence-electron chi connectivity index (χ3n) is 5.84. The summed E-state index contributed by atoms with van der Waals surface area (Å²) in [4.78, 5) is 30.2. The number of aromatic nitrogens is 1. The van der Waals surface area contributed by atoms with E-state index in [1.165, 1.54) is 16.6 Å². The van der Waals surface area contributed by atoms with Gasteiger partial charge in [0.05, 0.1) is 22.2 Å². The zero-order valence-electron chi connectivity index (χ0n) is 20.7. The fourth-order valence-electron chi connectivity index (χ4n) is 3.96. The van der Waals surface area contributed by atoms with Crippen LogP contribution in [0.4, 0.5) is 5.69 Å². The van der Waals surface area contributed by atoms with Crippen molar-refractivity contribution < 1.29 is 27.2 Å². The molecule has 192 valence electrons. The molecular weight excluding hydrogens is 494 g/mol. The molecule has 0 aliphatic heterocycles. The van der Waals surface area contributed by atoms with E-state index < -0.39 is 28.5 Å². The number of hydrogen-bond acceptors (Lipinski definition) is 7. The van der Waals surface area contributed by atoms with Gasteiger partial charge in [0.1, 0.15) is 5.69 Å². The lowest BCUT2D eigenvalue weighted by Gasteiger charge is -2.20. The second-order valence-electron chi connectivity index (χ2n) is 8.24. The maximum atomic E-state index is 13.0. The molecule has 0 spiro atoms. The topological polar surface area (TPSA) is 119 Å². The number of anilines is 1. The van der Waals surface area contributed by atoms with Crippen molar-refractivity contribution >= 4 is 38.5 Å². The van der Waals surface area contributed by atoms with Crippen LogP contribution in [-0.4, -0.2) is 49.3 Å². The van der Waals surface area contributed by atoms with Gasteiger partial charge in [-0.25, -0.2) is 18.2 Å². The Balaban J connectivity index is 1.51. The highest BCUT2D eigenvalue weighted by Gasteiger charge is 2.24. The lowest BCUT2D eigenvalue weighted by atomic mass is 10.1. The van der Waals surface area contributed by atoms with E-state index in [0.717, 1.165) is 0 Å². The van der Waals surface area contributed by atoms with E-state index in [0.29, 0.717) is 41.0 Å². The number of furan rings is 1. The second kappa shape index (κ2) is 10.9. The number of ether oxygens (including phenoxy) is 1. The molecule has 0 radical (unpaired) electrons. The van der Waals surface area contributed by atoms with Gasteiger partial charge in [0.15, 0.2) is 12.4 Å². The Morgan fingerprint density at radius 1 is 1.03 bits per heavy atom. The van der Waals surface area contributed by atoms with E-state index in [4.69, 9.17) is 9.15 Å². The SMILES string of the molecule is CCN(CC)S(=O)(=O)c1cc(NC(=O)COC(=O)c2cc(-c3ccco3)nc3ccccc23)ccc1C. The van der Waals surface area contributed by atoms with Gasteiger partial charge in [0.2, 0.25) is 10.0 Å². The van der Waals surface area contributed by atoms with Crippen LogP contribution in [-0.2, 0) is 19.6 Å². The number of aryl methyl sites for hydroxylation is 1. The van der Waals surface area contributed by atoms with E-state index in [1.54, 1.807) is 75.4 Å². The number of esters is 1. The summed E-state index contributed by atoms with van der Waals surface area (Å²) in [6, 6.07) is 16.7. The minimum atomic E-state index is -3.71. The van der Waals surface area contributed by atoms with E-state index in [9.17, 15) is 18.0 Å². The number of nitrogens with zero attached hydrogens (tertiary/aromatic N) is 2. The van der Waals surface area contributed by atoms with Gasteiger partial charge >= 0.3 is 5.97 Å². The smallest absolute Gasteiger partial charge is 0.339 e. The fourth-order valence-corrected chi connectivity index (χ4v) is 5.67. The number of pyridine rings is 1. The highest BCUT2D eigenvalue weighted by molar-refractivity contribution is 7.89. The van der Waals surface area contributed by atoms with Crippen molar-refractivity contribution in [2.45, 2.75) is 25.7 Å². The minimum absolute atomic E-state index is 0.111. The molecule has 0 aliphatic carbocycles. The number of para-hydroxylation sites is 1. The average molecular weight is 522 g/mol. The highest BCUT2D eigenvalue weighted by atomic mass is 32.2. The summed E-state index contributed by atoms with van der Waals surface area (Å²) in [6.45, 7) is 5.32. The van der Waals surface area contributed by atoms with E-state index in [1.807, 2.05) is 0 Å². The number of nitrogens with one attached hydrogen (secondary N) is 1. The molecule has 0 fully saturated rings. The summed E-state index contributed by atoms with van der Waals surface area (Å²) < 4.78 is 38.0. The summed E-state index contributed by atoms with van der Waals surface area (Å²) >= 11 is 0. The normalized spacial score (nSPS) is 11.6. The van der Waals surface area contributed by atoms with Crippen molar-refractivity contribution in [2.24, 2.45) is 0 Å². The van der Waals surface area contributed by atoms with Gasteiger partial charge in [-0.2, -0.15) is 4.31 Å². The largest absolute Gasteiger partial charge is 0.463 e. The van der Waals surface area contributed by atoms with Gasteiger partial charge < -0.3 is 14.5 Å². The molecule has 9 nitrogen and oxygen atoms in total. The van der Waals surface area contributed by atoms with E-state index >= 15 is 0 Å². The van der Waals surface area contributed by atoms with Crippen LogP contribution >= 0.6 is 0 Å².